The number of halogens is 1. The Bertz CT molecular complexity index is 663. The number of amides is 2. The molecule has 2 aliphatic rings. The van der Waals surface area contributed by atoms with E-state index in [1.54, 1.807) is 9.80 Å². The molecule has 2 amide bonds. The summed E-state index contributed by atoms with van der Waals surface area (Å²) in [5, 5.41) is 9.03. The van der Waals surface area contributed by atoms with E-state index in [0.717, 1.165) is 10.2 Å². The lowest BCUT2D eigenvalue weighted by atomic mass is 10.1. The number of benzene rings is 1. The zero-order valence-corrected chi connectivity index (χ0v) is 14.0. The molecule has 0 saturated carbocycles. The summed E-state index contributed by atoms with van der Waals surface area (Å²) in [5.74, 6) is -1.93. The van der Waals surface area contributed by atoms with Gasteiger partial charge >= 0.3 is 5.97 Å². The molecule has 0 aliphatic carbocycles. The second-order valence-corrected chi connectivity index (χ2v) is 6.91. The van der Waals surface area contributed by atoms with Crippen molar-refractivity contribution in [1.82, 2.24) is 4.90 Å². The summed E-state index contributed by atoms with van der Waals surface area (Å²) in [4.78, 5) is 39.0. The molecule has 6 nitrogen and oxygen atoms in total. The van der Waals surface area contributed by atoms with Crippen LogP contribution >= 0.6 is 15.9 Å². The smallest absolute Gasteiger partial charge is 0.308 e. The van der Waals surface area contributed by atoms with Crippen molar-refractivity contribution in [3.05, 3.63) is 28.7 Å². The van der Waals surface area contributed by atoms with E-state index in [0.29, 0.717) is 19.5 Å². The first-order valence-corrected chi connectivity index (χ1v) is 8.32. The highest BCUT2D eigenvalue weighted by molar-refractivity contribution is 9.10. The molecule has 2 saturated heterocycles. The summed E-state index contributed by atoms with van der Waals surface area (Å²) in [6, 6.07) is 7.41. The van der Waals surface area contributed by atoms with Gasteiger partial charge in [0.1, 0.15) is 0 Å². The summed E-state index contributed by atoms with van der Waals surface area (Å²) in [6.45, 7) is 1.05. The number of carboxylic acid groups (broad SMARTS) is 1. The number of aliphatic carboxylic acids is 1. The lowest BCUT2D eigenvalue weighted by molar-refractivity contribution is -0.141. The number of anilines is 1. The normalized spacial score (nSPS) is 24.3. The number of hydrogen-bond donors (Lipinski definition) is 1. The monoisotopic (exact) mass is 380 g/mol. The van der Waals surface area contributed by atoms with Crippen LogP contribution in [0.3, 0.4) is 0 Å². The average molecular weight is 381 g/mol. The van der Waals surface area contributed by atoms with Gasteiger partial charge in [-0.3, -0.25) is 14.4 Å². The number of nitrogens with zero attached hydrogens (tertiary/aromatic N) is 2. The molecule has 0 radical (unpaired) electrons. The summed E-state index contributed by atoms with van der Waals surface area (Å²) >= 11 is 3.38. The third-order valence-electron chi connectivity index (χ3n) is 4.44. The van der Waals surface area contributed by atoms with Gasteiger partial charge in [0.05, 0.1) is 11.8 Å². The van der Waals surface area contributed by atoms with Gasteiger partial charge in [-0.2, -0.15) is 0 Å². The molecule has 2 aliphatic heterocycles. The van der Waals surface area contributed by atoms with Crippen molar-refractivity contribution in [1.29, 1.82) is 0 Å². The lowest BCUT2D eigenvalue weighted by Gasteiger charge is -2.21. The fourth-order valence-corrected chi connectivity index (χ4v) is 3.57. The first-order valence-electron chi connectivity index (χ1n) is 7.53. The zero-order valence-electron chi connectivity index (χ0n) is 12.4. The van der Waals surface area contributed by atoms with Gasteiger partial charge in [0.25, 0.3) is 0 Å². The van der Waals surface area contributed by atoms with Crippen molar-refractivity contribution in [2.24, 2.45) is 11.8 Å². The number of carbonyl (C=O) groups is 3. The molecule has 3 rings (SSSR count). The van der Waals surface area contributed by atoms with Gasteiger partial charge in [-0.1, -0.05) is 22.0 Å². The fourth-order valence-electron chi connectivity index (χ4n) is 3.19. The predicted molar refractivity (Wildman–Crippen MR) is 86.9 cm³/mol. The highest BCUT2D eigenvalue weighted by Crippen LogP contribution is 2.29. The first kappa shape index (κ1) is 16.0. The second-order valence-electron chi connectivity index (χ2n) is 5.99. The van der Waals surface area contributed by atoms with Crippen molar-refractivity contribution in [2.75, 3.05) is 24.5 Å². The SMILES string of the molecule is O=C(O)[C@@H]1CCN(C(=O)[C@@H]2CC(=O)N(c3cccc(Br)c3)C2)C1. The van der Waals surface area contributed by atoms with Crippen LogP contribution in [0.25, 0.3) is 0 Å². The number of carboxylic acids is 1. The molecule has 2 fully saturated rings. The van der Waals surface area contributed by atoms with Crippen LogP contribution in [0.2, 0.25) is 0 Å². The number of likely N-dealkylation sites (tertiary alicyclic amines) is 1. The Hall–Kier alpha value is -1.89. The van der Waals surface area contributed by atoms with Crippen LogP contribution in [0.1, 0.15) is 12.8 Å². The van der Waals surface area contributed by atoms with E-state index in [1.165, 1.54) is 0 Å². The van der Waals surface area contributed by atoms with Gasteiger partial charge < -0.3 is 14.9 Å². The first-order chi connectivity index (χ1) is 11.0. The minimum Gasteiger partial charge on any atom is -0.481 e. The van der Waals surface area contributed by atoms with Crippen LogP contribution in [0.15, 0.2) is 28.7 Å². The fraction of sp³-hybridized carbons (Fsp3) is 0.438. The van der Waals surface area contributed by atoms with Gasteiger partial charge in [0.15, 0.2) is 0 Å². The molecule has 0 spiro atoms. The Labute approximate surface area is 142 Å². The van der Waals surface area contributed by atoms with Gasteiger partial charge in [-0.25, -0.2) is 0 Å². The Balaban J connectivity index is 1.68. The maximum atomic E-state index is 12.5. The largest absolute Gasteiger partial charge is 0.481 e. The summed E-state index contributed by atoms with van der Waals surface area (Å²) < 4.78 is 0.876. The van der Waals surface area contributed by atoms with Gasteiger partial charge in [-0.15, -0.1) is 0 Å². The topological polar surface area (TPSA) is 77.9 Å². The molecule has 0 unspecified atom stereocenters. The van der Waals surface area contributed by atoms with Crippen molar-refractivity contribution in [2.45, 2.75) is 12.8 Å². The Morgan fingerprint density at radius 2 is 2.00 bits per heavy atom. The summed E-state index contributed by atoms with van der Waals surface area (Å²) in [7, 11) is 0. The van der Waals surface area contributed by atoms with Crippen molar-refractivity contribution >= 4 is 39.4 Å². The zero-order chi connectivity index (χ0) is 16.6. The lowest BCUT2D eigenvalue weighted by Crippen LogP contribution is -2.36. The minimum atomic E-state index is -0.862. The Kier molecular flexibility index (Phi) is 4.39. The Morgan fingerprint density at radius 3 is 2.65 bits per heavy atom. The molecule has 2 heterocycles. The molecule has 122 valence electrons. The molecule has 0 bridgehead atoms. The molecule has 7 heteroatoms. The Morgan fingerprint density at radius 1 is 1.22 bits per heavy atom. The van der Waals surface area contributed by atoms with E-state index in [1.807, 2.05) is 24.3 Å². The standard InChI is InChI=1S/C16H17BrN2O4/c17-12-2-1-3-13(7-12)19-9-11(6-14(19)20)15(21)18-5-4-10(8-18)16(22)23/h1-3,7,10-11H,4-6,8-9H2,(H,22,23)/t10-,11-/m1/s1. The van der Waals surface area contributed by atoms with E-state index in [4.69, 9.17) is 5.11 Å². The summed E-state index contributed by atoms with van der Waals surface area (Å²) in [6.07, 6.45) is 0.663. The highest BCUT2D eigenvalue weighted by Gasteiger charge is 2.40. The van der Waals surface area contributed by atoms with E-state index < -0.39 is 17.8 Å². The molecule has 23 heavy (non-hydrogen) atoms. The molecule has 1 N–H and O–H groups in total. The molecular weight excluding hydrogens is 364 g/mol. The molecule has 2 atom stereocenters. The van der Waals surface area contributed by atoms with E-state index in [2.05, 4.69) is 15.9 Å². The maximum absolute atomic E-state index is 12.5. The van der Waals surface area contributed by atoms with Crippen molar-refractivity contribution in [3.8, 4) is 0 Å². The van der Waals surface area contributed by atoms with E-state index in [-0.39, 0.29) is 24.8 Å². The molecule has 1 aromatic carbocycles. The number of carbonyl (C=O) groups excluding carboxylic acids is 2. The van der Waals surface area contributed by atoms with Gasteiger partial charge in [-0.05, 0) is 24.6 Å². The highest BCUT2D eigenvalue weighted by atomic mass is 79.9. The molecular formula is C16H17BrN2O4. The van der Waals surface area contributed by atoms with Crippen molar-refractivity contribution in [3.63, 3.8) is 0 Å². The second kappa shape index (κ2) is 6.31. The van der Waals surface area contributed by atoms with Crippen LogP contribution in [-0.4, -0.2) is 47.4 Å². The minimum absolute atomic E-state index is 0.0737. The molecule has 1 aromatic rings. The predicted octanol–water partition coefficient (Wildman–Crippen LogP) is 1.74. The van der Waals surface area contributed by atoms with Crippen LogP contribution in [0.4, 0.5) is 5.69 Å². The van der Waals surface area contributed by atoms with Crippen LogP contribution in [-0.2, 0) is 14.4 Å². The number of rotatable bonds is 3. The van der Waals surface area contributed by atoms with E-state index in [9.17, 15) is 14.4 Å². The average Bonchev–Trinajstić information content (AvgIpc) is 3.13. The maximum Gasteiger partial charge on any atom is 0.308 e. The van der Waals surface area contributed by atoms with Crippen LogP contribution in [0, 0.1) is 11.8 Å². The van der Waals surface area contributed by atoms with Gasteiger partial charge in [0, 0.05) is 36.2 Å². The van der Waals surface area contributed by atoms with Crippen LogP contribution in [0.5, 0.6) is 0 Å². The quantitative estimate of drug-likeness (QED) is 0.865. The number of hydrogen-bond acceptors (Lipinski definition) is 3. The molecule has 0 aromatic heterocycles. The third kappa shape index (κ3) is 3.24. The van der Waals surface area contributed by atoms with Crippen molar-refractivity contribution < 1.29 is 19.5 Å². The third-order valence-corrected chi connectivity index (χ3v) is 4.94. The summed E-state index contributed by atoms with van der Waals surface area (Å²) in [5.41, 5.74) is 0.768. The van der Waals surface area contributed by atoms with Crippen LogP contribution < -0.4 is 4.90 Å². The van der Waals surface area contributed by atoms with Gasteiger partial charge in [0.2, 0.25) is 11.8 Å². The van der Waals surface area contributed by atoms with E-state index >= 15 is 0 Å².